The lowest BCUT2D eigenvalue weighted by Crippen LogP contribution is -2.50. The number of sulfonamides is 1. The molecule has 0 aliphatic carbocycles. The maximum atomic E-state index is 13.3. The lowest BCUT2D eigenvalue weighted by Gasteiger charge is -2.33. The van der Waals surface area contributed by atoms with Gasteiger partial charge in [-0.05, 0) is 37.1 Å². The zero-order chi connectivity index (χ0) is 21.0. The Morgan fingerprint density at radius 2 is 1.79 bits per heavy atom. The highest BCUT2D eigenvalue weighted by atomic mass is 32.2. The van der Waals surface area contributed by atoms with Crippen LogP contribution in [0.2, 0.25) is 0 Å². The lowest BCUT2D eigenvalue weighted by molar-refractivity contribution is 0.195. The van der Waals surface area contributed by atoms with Crippen LogP contribution < -0.4 is 10.5 Å². The molecule has 0 unspecified atom stereocenters. The molecule has 2 aromatic rings. The number of piperazine rings is 1. The van der Waals surface area contributed by atoms with Gasteiger partial charge in [-0.25, -0.2) is 17.8 Å². The molecule has 0 spiro atoms. The molecule has 1 aromatic heterocycles. The van der Waals surface area contributed by atoms with Gasteiger partial charge in [-0.2, -0.15) is 4.31 Å². The molecule has 0 radical (unpaired) electrons. The molecule has 0 N–H and O–H groups in total. The van der Waals surface area contributed by atoms with Crippen LogP contribution in [0.25, 0.3) is 5.69 Å². The molecule has 0 saturated carbocycles. The van der Waals surface area contributed by atoms with Crippen LogP contribution >= 0.6 is 0 Å². The third-order valence-electron chi connectivity index (χ3n) is 4.83. The summed E-state index contributed by atoms with van der Waals surface area (Å²) in [4.78, 5) is 19.5. The fourth-order valence-corrected chi connectivity index (χ4v) is 4.10. The van der Waals surface area contributed by atoms with Crippen LogP contribution in [0.15, 0.2) is 35.3 Å². The number of hydrogen-bond donors (Lipinski definition) is 0. The number of nitrogens with zero attached hydrogens (tertiary/aromatic N) is 4. The van der Waals surface area contributed by atoms with E-state index in [1.54, 1.807) is 25.4 Å². The van der Waals surface area contributed by atoms with Gasteiger partial charge < -0.3 is 9.64 Å². The smallest absolute Gasteiger partial charge is 0.298 e. The summed E-state index contributed by atoms with van der Waals surface area (Å²) in [6.07, 6.45) is 4.21. The Bertz CT molecular complexity index is 1000. The summed E-state index contributed by atoms with van der Waals surface area (Å²) in [5, 5.41) is 0. The minimum absolute atomic E-state index is 0.275. The van der Waals surface area contributed by atoms with Gasteiger partial charge in [0.1, 0.15) is 5.82 Å². The van der Waals surface area contributed by atoms with Gasteiger partial charge in [0.05, 0.1) is 11.9 Å². The minimum Gasteiger partial charge on any atom is -0.385 e. The Kier molecular flexibility index (Phi) is 6.66. The maximum absolute atomic E-state index is 13.3. The predicted octanol–water partition coefficient (Wildman–Crippen LogP) is 1.03. The predicted molar refractivity (Wildman–Crippen MR) is 109 cm³/mol. The zero-order valence-corrected chi connectivity index (χ0v) is 17.4. The number of methoxy groups -OCH3 is 1. The molecule has 1 aliphatic heterocycles. The summed E-state index contributed by atoms with van der Waals surface area (Å²) in [7, 11) is -1.64. The molecule has 1 fully saturated rings. The van der Waals surface area contributed by atoms with E-state index in [1.165, 1.54) is 27.3 Å². The fraction of sp³-hybridized carbons (Fsp3) is 0.474. The van der Waals surface area contributed by atoms with Crippen molar-refractivity contribution in [3.63, 3.8) is 0 Å². The van der Waals surface area contributed by atoms with E-state index in [2.05, 4.69) is 4.98 Å². The van der Waals surface area contributed by atoms with Crippen molar-refractivity contribution < 1.29 is 17.5 Å². The van der Waals surface area contributed by atoms with Crippen LogP contribution in [0.1, 0.15) is 12.1 Å². The third-order valence-corrected chi connectivity index (χ3v) is 6.13. The van der Waals surface area contributed by atoms with Gasteiger partial charge in [0.25, 0.3) is 5.56 Å². The molecule has 8 nitrogen and oxygen atoms in total. The SMILES string of the molecule is COCCCc1cn(-c2ccc(F)cc2)c(=O)c(N2CCN(S(C)(=O)=O)CC2)n1. The lowest BCUT2D eigenvalue weighted by atomic mass is 10.2. The first-order valence-electron chi connectivity index (χ1n) is 9.37. The monoisotopic (exact) mass is 424 g/mol. The van der Waals surface area contributed by atoms with Crippen molar-refractivity contribution in [2.75, 3.05) is 51.1 Å². The van der Waals surface area contributed by atoms with Crippen molar-refractivity contribution in [3.05, 3.63) is 52.3 Å². The summed E-state index contributed by atoms with van der Waals surface area (Å²) in [5.74, 6) is -0.106. The van der Waals surface area contributed by atoms with Crippen molar-refractivity contribution in [1.29, 1.82) is 0 Å². The molecule has 158 valence electrons. The summed E-state index contributed by atoms with van der Waals surface area (Å²) in [6.45, 7) is 1.91. The average molecular weight is 424 g/mol. The van der Waals surface area contributed by atoms with Crippen molar-refractivity contribution in [2.45, 2.75) is 12.8 Å². The van der Waals surface area contributed by atoms with Crippen molar-refractivity contribution in [1.82, 2.24) is 13.9 Å². The standard InChI is InChI=1S/C19H25FN4O4S/c1-28-13-3-4-16-14-24(17-7-5-15(20)6-8-17)19(25)18(21-16)22-9-11-23(12-10-22)29(2,26)27/h5-8,14H,3-4,9-13H2,1-2H3. The Hall–Kier alpha value is -2.30. The second kappa shape index (κ2) is 9.02. The van der Waals surface area contributed by atoms with E-state index in [4.69, 9.17) is 4.74 Å². The van der Waals surface area contributed by atoms with Crippen LogP contribution in [0, 0.1) is 5.82 Å². The second-order valence-corrected chi connectivity index (χ2v) is 8.94. The Morgan fingerprint density at radius 3 is 2.38 bits per heavy atom. The quantitative estimate of drug-likeness (QED) is 0.618. The number of hydrogen-bond acceptors (Lipinski definition) is 6. The van der Waals surface area contributed by atoms with Crippen LogP contribution in [0.3, 0.4) is 0 Å². The largest absolute Gasteiger partial charge is 0.385 e. The van der Waals surface area contributed by atoms with Crippen molar-refractivity contribution in [3.8, 4) is 5.69 Å². The van der Waals surface area contributed by atoms with Crippen LogP contribution in [-0.4, -0.2) is 68.4 Å². The highest BCUT2D eigenvalue weighted by Gasteiger charge is 2.26. The summed E-state index contributed by atoms with van der Waals surface area (Å²) < 4.78 is 44.8. The Morgan fingerprint density at radius 1 is 1.14 bits per heavy atom. The first-order chi connectivity index (χ1) is 13.8. The number of benzene rings is 1. The molecule has 2 heterocycles. The molecule has 29 heavy (non-hydrogen) atoms. The van der Waals surface area contributed by atoms with Gasteiger partial charge >= 0.3 is 0 Å². The van der Waals surface area contributed by atoms with E-state index < -0.39 is 10.0 Å². The van der Waals surface area contributed by atoms with E-state index in [9.17, 15) is 17.6 Å². The molecule has 0 bridgehead atoms. The van der Waals surface area contributed by atoms with Gasteiger partial charge in [-0.15, -0.1) is 0 Å². The van der Waals surface area contributed by atoms with Gasteiger partial charge in [0.15, 0.2) is 5.82 Å². The highest BCUT2D eigenvalue weighted by molar-refractivity contribution is 7.88. The number of aromatic nitrogens is 2. The van der Waals surface area contributed by atoms with Gasteiger partial charge in [0.2, 0.25) is 10.0 Å². The number of ether oxygens (including phenoxy) is 1. The number of halogens is 1. The fourth-order valence-electron chi connectivity index (χ4n) is 3.28. The first kappa shape index (κ1) is 21.4. The Balaban J connectivity index is 1.95. The van der Waals surface area contributed by atoms with Crippen LogP contribution in [0.4, 0.5) is 10.2 Å². The summed E-state index contributed by atoms with van der Waals surface area (Å²) >= 11 is 0. The molecule has 1 aliphatic rings. The molecule has 3 rings (SSSR count). The van der Waals surface area contributed by atoms with Crippen molar-refractivity contribution >= 4 is 15.8 Å². The number of rotatable bonds is 7. The van der Waals surface area contributed by atoms with Crippen molar-refractivity contribution in [2.24, 2.45) is 0 Å². The molecule has 0 amide bonds. The minimum atomic E-state index is -3.27. The van der Waals surface area contributed by atoms with Gasteiger partial charge in [-0.1, -0.05) is 0 Å². The number of aryl methyl sites for hydroxylation is 1. The van der Waals surface area contributed by atoms with Crippen LogP contribution in [-0.2, 0) is 21.2 Å². The first-order valence-corrected chi connectivity index (χ1v) is 11.2. The summed E-state index contributed by atoms with van der Waals surface area (Å²) in [6, 6.07) is 5.69. The third kappa shape index (κ3) is 5.20. The molecule has 1 aromatic carbocycles. The normalized spacial score (nSPS) is 15.6. The average Bonchev–Trinajstić information content (AvgIpc) is 2.69. The second-order valence-electron chi connectivity index (χ2n) is 6.95. The van der Waals surface area contributed by atoms with E-state index in [-0.39, 0.29) is 17.2 Å². The number of anilines is 1. The Labute approximate surface area is 169 Å². The van der Waals surface area contributed by atoms with Crippen LogP contribution in [0.5, 0.6) is 0 Å². The van der Waals surface area contributed by atoms with E-state index >= 15 is 0 Å². The summed E-state index contributed by atoms with van der Waals surface area (Å²) in [5.41, 5.74) is 0.939. The van der Waals surface area contributed by atoms with E-state index in [0.717, 1.165) is 6.42 Å². The zero-order valence-electron chi connectivity index (χ0n) is 16.5. The topological polar surface area (TPSA) is 84.7 Å². The maximum Gasteiger partial charge on any atom is 0.298 e. The molecular formula is C19H25FN4O4S. The van der Waals surface area contributed by atoms with Gasteiger partial charge in [0, 0.05) is 51.8 Å². The van der Waals surface area contributed by atoms with E-state index in [1.807, 2.05) is 4.90 Å². The highest BCUT2D eigenvalue weighted by Crippen LogP contribution is 2.15. The van der Waals surface area contributed by atoms with E-state index in [0.29, 0.717) is 50.6 Å². The molecular weight excluding hydrogens is 399 g/mol. The molecule has 0 atom stereocenters. The molecule has 10 heteroatoms. The molecule has 1 saturated heterocycles. The van der Waals surface area contributed by atoms with Gasteiger partial charge in [-0.3, -0.25) is 9.36 Å².